The average Bonchev–Trinajstić information content (AvgIpc) is 2.58. The second kappa shape index (κ2) is 12.6. The maximum Gasteiger partial charge on any atom is 0.191 e. The molecule has 0 bridgehead atoms. The number of hydrogen-bond acceptors (Lipinski definition) is 4. The van der Waals surface area contributed by atoms with Gasteiger partial charge >= 0.3 is 0 Å². The molecular weight excluding hydrogens is 477 g/mol. The van der Waals surface area contributed by atoms with Crippen LogP contribution in [0.5, 0.6) is 0 Å². The Morgan fingerprint density at radius 3 is 2.41 bits per heavy atom. The van der Waals surface area contributed by atoms with E-state index < -0.39 is 15.9 Å². The number of benzene rings is 1. The third-order valence-electron chi connectivity index (χ3n) is 4.05. The summed E-state index contributed by atoms with van der Waals surface area (Å²) in [6, 6.07) is 9.57. The molecule has 1 aromatic carbocycles. The van der Waals surface area contributed by atoms with Gasteiger partial charge in [-0.3, -0.25) is 4.99 Å². The van der Waals surface area contributed by atoms with E-state index in [-0.39, 0.29) is 35.1 Å². The molecule has 0 aliphatic heterocycles. The molecule has 0 aliphatic rings. The quantitative estimate of drug-likeness (QED) is 0.255. The standard InChI is InChI=1S/C19H33N3O3S.HI/c1-5-20-18(22-15-19(2,3)12-14-26(4,24)25)21-13-11-17(23)16-9-7-6-8-10-16;/h6-10,17,23H,5,11-15H2,1-4H3,(H2,20,21,22);1H. The molecule has 27 heavy (non-hydrogen) atoms. The van der Waals surface area contributed by atoms with Gasteiger partial charge in [-0.2, -0.15) is 0 Å². The first-order chi connectivity index (χ1) is 12.1. The van der Waals surface area contributed by atoms with E-state index in [1.54, 1.807) is 0 Å². The molecule has 156 valence electrons. The first kappa shape index (κ1) is 26.1. The van der Waals surface area contributed by atoms with E-state index in [1.165, 1.54) is 6.26 Å². The van der Waals surface area contributed by atoms with Gasteiger partial charge in [0, 0.05) is 25.9 Å². The maximum absolute atomic E-state index is 11.4. The molecule has 0 fully saturated rings. The van der Waals surface area contributed by atoms with Crippen molar-refractivity contribution in [1.29, 1.82) is 0 Å². The summed E-state index contributed by atoms with van der Waals surface area (Å²) in [6.07, 6.45) is 1.89. The van der Waals surface area contributed by atoms with Crippen LogP contribution in [0.4, 0.5) is 0 Å². The average molecular weight is 511 g/mol. The van der Waals surface area contributed by atoms with Gasteiger partial charge in [-0.25, -0.2) is 8.42 Å². The van der Waals surface area contributed by atoms with Crippen molar-refractivity contribution in [1.82, 2.24) is 10.6 Å². The molecule has 0 saturated heterocycles. The predicted octanol–water partition coefficient (Wildman–Crippen LogP) is 2.74. The Morgan fingerprint density at radius 1 is 1.22 bits per heavy atom. The first-order valence-electron chi connectivity index (χ1n) is 9.06. The highest BCUT2D eigenvalue weighted by atomic mass is 127. The molecule has 0 aliphatic carbocycles. The normalized spacial score (nSPS) is 13.6. The lowest BCUT2D eigenvalue weighted by Crippen LogP contribution is -2.39. The molecule has 1 unspecified atom stereocenters. The highest BCUT2D eigenvalue weighted by molar-refractivity contribution is 14.0. The minimum absolute atomic E-state index is 0. The topological polar surface area (TPSA) is 90.8 Å². The van der Waals surface area contributed by atoms with Crippen molar-refractivity contribution in [3.05, 3.63) is 35.9 Å². The van der Waals surface area contributed by atoms with Gasteiger partial charge < -0.3 is 15.7 Å². The summed E-state index contributed by atoms with van der Waals surface area (Å²) < 4.78 is 22.7. The zero-order valence-electron chi connectivity index (χ0n) is 16.7. The van der Waals surface area contributed by atoms with Crippen LogP contribution in [0.3, 0.4) is 0 Å². The number of guanidine groups is 1. The predicted molar refractivity (Wildman–Crippen MR) is 124 cm³/mol. The Labute approximate surface area is 181 Å². The number of aliphatic hydroxyl groups is 1. The molecule has 8 heteroatoms. The summed E-state index contributed by atoms with van der Waals surface area (Å²) >= 11 is 0. The second-order valence-corrected chi connectivity index (χ2v) is 9.64. The van der Waals surface area contributed by atoms with Gasteiger partial charge in [-0.1, -0.05) is 44.2 Å². The number of aliphatic hydroxyl groups excluding tert-OH is 1. The van der Waals surface area contributed by atoms with Crippen LogP contribution in [0.15, 0.2) is 35.3 Å². The molecule has 3 N–H and O–H groups in total. The van der Waals surface area contributed by atoms with Gasteiger partial charge in [0.1, 0.15) is 9.84 Å². The minimum atomic E-state index is -2.96. The summed E-state index contributed by atoms with van der Waals surface area (Å²) in [5, 5.41) is 16.6. The van der Waals surface area contributed by atoms with Crippen LogP contribution in [-0.4, -0.2) is 51.1 Å². The van der Waals surface area contributed by atoms with Crippen molar-refractivity contribution in [2.75, 3.05) is 31.6 Å². The molecule has 0 saturated carbocycles. The van der Waals surface area contributed by atoms with Gasteiger partial charge in [-0.15, -0.1) is 24.0 Å². The van der Waals surface area contributed by atoms with Gasteiger partial charge in [0.15, 0.2) is 5.96 Å². The molecular formula is C19H34IN3O3S. The van der Waals surface area contributed by atoms with Crippen molar-refractivity contribution >= 4 is 39.8 Å². The fraction of sp³-hybridized carbons (Fsp3) is 0.632. The van der Waals surface area contributed by atoms with Crippen molar-refractivity contribution in [2.45, 2.75) is 39.7 Å². The van der Waals surface area contributed by atoms with Gasteiger partial charge in [0.05, 0.1) is 11.9 Å². The lowest BCUT2D eigenvalue weighted by molar-refractivity contribution is 0.168. The van der Waals surface area contributed by atoms with Crippen LogP contribution in [0, 0.1) is 5.41 Å². The highest BCUT2D eigenvalue weighted by Crippen LogP contribution is 2.21. The van der Waals surface area contributed by atoms with Crippen LogP contribution in [0.25, 0.3) is 0 Å². The Bertz CT molecular complexity index is 664. The Hall–Kier alpha value is -0.870. The van der Waals surface area contributed by atoms with E-state index in [2.05, 4.69) is 15.6 Å². The Kier molecular flexibility index (Phi) is 12.2. The van der Waals surface area contributed by atoms with Crippen LogP contribution in [0.1, 0.15) is 45.3 Å². The molecule has 0 radical (unpaired) electrons. The van der Waals surface area contributed by atoms with Crippen LogP contribution < -0.4 is 10.6 Å². The smallest absolute Gasteiger partial charge is 0.191 e. The van der Waals surface area contributed by atoms with Gasteiger partial charge in [0.2, 0.25) is 0 Å². The number of aliphatic imine (C=N–C) groups is 1. The van der Waals surface area contributed by atoms with E-state index in [9.17, 15) is 13.5 Å². The Balaban J connectivity index is 0.00000676. The van der Waals surface area contributed by atoms with E-state index in [0.717, 1.165) is 12.1 Å². The van der Waals surface area contributed by atoms with Gasteiger partial charge in [-0.05, 0) is 30.7 Å². The molecule has 0 heterocycles. The van der Waals surface area contributed by atoms with E-state index in [4.69, 9.17) is 0 Å². The van der Waals surface area contributed by atoms with Crippen molar-refractivity contribution in [3.8, 4) is 0 Å². The zero-order chi connectivity index (χ0) is 19.6. The number of rotatable bonds is 10. The maximum atomic E-state index is 11.4. The van der Waals surface area contributed by atoms with Crippen LogP contribution in [0.2, 0.25) is 0 Å². The lowest BCUT2D eigenvalue weighted by atomic mass is 9.90. The van der Waals surface area contributed by atoms with Crippen molar-refractivity contribution < 1.29 is 13.5 Å². The molecule has 0 amide bonds. The lowest BCUT2D eigenvalue weighted by Gasteiger charge is -2.23. The van der Waals surface area contributed by atoms with E-state index in [0.29, 0.717) is 31.9 Å². The largest absolute Gasteiger partial charge is 0.388 e. The monoisotopic (exact) mass is 511 g/mol. The minimum Gasteiger partial charge on any atom is -0.388 e. The zero-order valence-corrected chi connectivity index (χ0v) is 19.9. The summed E-state index contributed by atoms with van der Waals surface area (Å²) in [5.41, 5.74) is 0.702. The third kappa shape index (κ3) is 12.2. The van der Waals surface area contributed by atoms with Gasteiger partial charge in [0.25, 0.3) is 0 Å². The SMILES string of the molecule is CCNC(=NCC(C)(C)CCS(C)(=O)=O)NCCC(O)c1ccccc1.I. The number of halogens is 1. The van der Waals surface area contributed by atoms with Crippen molar-refractivity contribution in [2.24, 2.45) is 10.4 Å². The molecule has 1 atom stereocenters. The fourth-order valence-corrected chi connectivity index (χ4v) is 3.27. The summed E-state index contributed by atoms with van der Waals surface area (Å²) in [4.78, 5) is 4.57. The van der Waals surface area contributed by atoms with E-state index in [1.807, 2.05) is 51.1 Å². The summed E-state index contributed by atoms with van der Waals surface area (Å²) in [7, 11) is -2.96. The fourth-order valence-electron chi connectivity index (χ4n) is 2.34. The third-order valence-corrected chi connectivity index (χ3v) is 5.00. The highest BCUT2D eigenvalue weighted by Gasteiger charge is 2.20. The van der Waals surface area contributed by atoms with E-state index >= 15 is 0 Å². The first-order valence-corrected chi connectivity index (χ1v) is 11.1. The number of nitrogens with one attached hydrogen (secondary N) is 2. The second-order valence-electron chi connectivity index (χ2n) is 7.38. The summed E-state index contributed by atoms with van der Waals surface area (Å²) in [6.45, 7) is 7.88. The van der Waals surface area contributed by atoms with Crippen LogP contribution >= 0.6 is 24.0 Å². The molecule has 0 spiro atoms. The molecule has 0 aromatic heterocycles. The molecule has 1 aromatic rings. The number of sulfone groups is 1. The van der Waals surface area contributed by atoms with Crippen LogP contribution in [-0.2, 0) is 9.84 Å². The summed E-state index contributed by atoms with van der Waals surface area (Å²) in [5.74, 6) is 0.850. The number of hydrogen-bond donors (Lipinski definition) is 3. The Morgan fingerprint density at radius 2 is 1.85 bits per heavy atom. The van der Waals surface area contributed by atoms with Crippen molar-refractivity contribution in [3.63, 3.8) is 0 Å². The molecule has 1 rings (SSSR count). The molecule has 6 nitrogen and oxygen atoms in total. The number of nitrogens with zero attached hydrogens (tertiary/aromatic N) is 1.